The summed E-state index contributed by atoms with van der Waals surface area (Å²) >= 11 is 4.85. The lowest BCUT2D eigenvalue weighted by atomic mass is 10.0. The van der Waals surface area contributed by atoms with Gasteiger partial charge in [0.1, 0.15) is 0 Å². The summed E-state index contributed by atoms with van der Waals surface area (Å²) in [4.78, 5) is 10.6. The first-order chi connectivity index (χ1) is 7.47. The molecule has 0 spiro atoms. The van der Waals surface area contributed by atoms with Gasteiger partial charge in [-0.3, -0.25) is 10.1 Å². The molecule has 1 aromatic rings. The number of nitro groups is 1. The molecule has 0 bridgehead atoms. The van der Waals surface area contributed by atoms with Gasteiger partial charge >= 0.3 is 5.69 Å². The van der Waals surface area contributed by atoms with Crippen LogP contribution in [0.5, 0.6) is 5.75 Å². The van der Waals surface area contributed by atoms with E-state index in [1.54, 1.807) is 19.1 Å². The molecule has 0 aromatic heterocycles. The van der Waals surface area contributed by atoms with Gasteiger partial charge in [0.2, 0.25) is 0 Å². The number of nitrogens with two attached hydrogens (primary N) is 1. The van der Waals surface area contributed by atoms with Gasteiger partial charge < -0.3 is 10.5 Å². The summed E-state index contributed by atoms with van der Waals surface area (Å²) in [6.45, 7) is 1.80. The first-order valence-electron chi connectivity index (χ1n) is 4.59. The molecule has 0 fully saturated rings. The molecule has 0 amide bonds. The van der Waals surface area contributed by atoms with E-state index >= 15 is 0 Å². The van der Waals surface area contributed by atoms with Gasteiger partial charge in [-0.25, -0.2) is 0 Å². The van der Waals surface area contributed by atoms with Crippen LogP contribution in [0.15, 0.2) is 18.2 Å². The van der Waals surface area contributed by atoms with E-state index in [9.17, 15) is 10.1 Å². The van der Waals surface area contributed by atoms with Gasteiger partial charge in [-0.15, -0.1) is 0 Å². The van der Waals surface area contributed by atoms with Crippen LogP contribution < -0.4 is 10.5 Å². The van der Waals surface area contributed by atoms with E-state index in [-0.39, 0.29) is 17.4 Å². The molecule has 16 heavy (non-hydrogen) atoms. The Labute approximate surface area is 98.4 Å². The standard InChI is InChI=1S/C10H12N2O3S/c1-6(10(11)16)7-3-4-9(15-2)8(5-7)12(13)14/h3-6H,1-2H3,(H2,11,16). The van der Waals surface area contributed by atoms with Crippen LogP contribution in [-0.4, -0.2) is 17.0 Å². The number of nitrogens with zero attached hydrogens (tertiary/aromatic N) is 1. The van der Waals surface area contributed by atoms with Crippen molar-refractivity contribution in [2.75, 3.05) is 7.11 Å². The molecule has 0 radical (unpaired) electrons. The Bertz CT molecular complexity index is 434. The first-order valence-corrected chi connectivity index (χ1v) is 4.99. The predicted molar refractivity (Wildman–Crippen MR) is 64.8 cm³/mol. The smallest absolute Gasteiger partial charge is 0.311 e. The number of hydrogen-bond donors (Lipinski definition) is 1. The maximum Gasteiger partial charge on any atom is 0.311 e. The van der Waals surface area contributed by atoms with Crippen molar-refractivity contribution in [3.05, 3.63) is 33.9 Å². The second-order valence-electron chi connectivity index (χ2n) is 3.31. The van der Waals surface area contributed by atoms with Crippen molar-refractivity contribution in [2.24, 2.45) is 5.73 Å². The molecule has 86 valence electrons. The van der Waals surface area contributed by atoms with Crippen LogP contribution in [0.25, 0.3) is 0 Å². The summed E-state index contributed by atoms with van der Waals surface area (Å²) < 4.78 is 4.90. The largest absolute Gasteiger partial charge is 0.490 e. The van der Waals surface area contributed by atoms with E-state index < -0.39 is 4.92 Å². The highest BCUT2D eigenvalue weighted by Crippen LogP contribution is 2.30. The summed E-state index contributed by atoms with van der Waals surface area (Å²) in [7, 11) is 1.39. The van der Waals surface area contributed by atoms with Gasteiger partial charge in [-0.05, 0) is 11.6 Å². The van der Waals surface area contributed by atoms with Gasteiger partial charge in [0.25, 0.3) is 0 Å². The van der Waals surface area contributed by atoms with Crippen LogP contribution in [0.4, 0.5) is 5.69 Å². The Morgan fingerprint density at radius 1 is 1.62 bits per heavy atom. The van der Waals surface area contributed by atoms with Crippen LogP contribution in [0, 0.1) is 10.1 Å². The Kier molecular flexibility index (Phi) is 3.78. The van der Waals surface area contributed by atoms with Crippen LogP contribution >= 0.6 is 12.2 Å². The van der Waals surface area contributed by atoms with Crippen LogP contribution in [0.3, 0.4) is 0 Å². The molecule has 1 rings (SSSR count). The minimum Gasteiger partial charge on any atom is -0.490 e. The molecule has 1 aromatic carbocycles. The third-order valence-electron chi connectivity index (χ3n) is 2.33. The molecular weight excluding hydrogens is 228 g/mol. The maximum atomic E-state index is 10.8. The van der Waals surface area contributed by atoms with Crippen LogP contribution in [0.2, 0.25) is 0 Å². The molecule has 0 saturated carbocycles. The lowest BCUT2D eigenvalue weighted by molar-refractivity contribution is -0.385. The normalized spacial score (nSPS) is 11.9. The van der Waals surface area contributed by atoms with Crippen molar-refractivity contribution < 1.29 is 9.66 Å². The molecule has 0 aliphatic heterocycles. The molecule has 0 heterocycles. The lowest BCUT2D eigenvalue weighted by Crippen LogP contribution is -2.16. The molecule has 2 N–H and O–H groups in total. The zero-order valence-corrected chi connectivity index (χ0v) is 9.78. The Balaban J connectivity index is 3.21. The van der Waals surface area contributed by atoms with Crippen molar-refractivity contribution in [2.45, 2.75) is 12.8 Å². The topological polar surface area (TPSA) is 78.4 Å². The Morgan fingerprint density at radius 3 is 2.69 bits per heavy atom. The number of nitro benzene ring substituents is 1. The number of benzene rings is 1. The van der Waals surface area contributed by atoms with E-state index in [2.05, 4.69) is 0 Å². The third-order valence-corrected chi connectivity index (χ3v) is 2.68. The molecule has 0 aliphatic carbocycles. The third kappa shape index (κ3) is 2.46. The van der Waals surface area contributed by atoms with Gasteiger partial charge in [0.05, 0.1) is 17.0 Å². The van der Waals surface area contributed by atoms with Gasteiger partial charge in [0, 0.05) is 12.0 Å². The summed E-state index contributed by atoms with van der Waals surface area (Å²) in [5, 5.41) is 10.8. The van der Waals surface area contributed by atoms with Crippen LogP contribution in [-0.2, 0) is 0 Å². The second kappa shape index (κ2) is 4.89. The zero-order chi connectivity index (χ0) is 12.3. The molecule has 6 heteroatoms. The van der Waals surface area contributed by atoms with Gasteiger partial charge in [0.15, 0.2) is 5.75 Å². The SMILES string of the molecule is COc1ccc(C(C)C(N)=S)cc1[N+](=O)[O-]. The zero-order valence-electron chi connectivity index (χ0n) is 8.97. The molecule has 0 aliphatic rings. The fourth-order valence-electron chi connectivity index (χ4n) is 1.28. The van der Waals surface area contributed by atoms with E-state index in [0.717, 1.165) is 0 Å². The molecule has 5 nitrogen and oxygen atoms in total. The Morgan fingerprint density at radius 2 is 2.25 bits per heavy atom. The average molecular weight is 240 g/mol. The first kappa shape index (κ1) is 12.4. The Hall–Kier alpha value is -1.69. The summed E-state index contributed by atoms with van der Waals surface area (Å²) in [6, 6.07) is 4.69. The van der Waals surface area contributed by atoms with E-state index in [0.29, 0.717) is 10.6 Å². The van der Waals surface area contributed by atoms with Crippen molar-refractivity contribution in [3.63, 3.8) is 0 Å². The van der Waals surface area contributed by atoms with Gasteiger partial charge in [-0.1, -0.05) is 25.2 Å². The highest BCUT2D eigenvalue weighted by atomic mass is 32.1. The van der Waals surface area contributed by atoms with Crippen molar-refractivity contribution >= 4 is 22.9 Å². The number of hydrogen-bond acceptors (Lipinski definition) is 4. The molecular formula is C10H12N2O3S. The summed E-state index contributed by atoms with van der Waals surface area (Å²) in [6.07, 6.45) is 0. The fourth-order valence-corrected chi connectivity index (χ4v) is 1.42. The van der Waals surface area contributed by atoms with Crippen molar-refractivity contribution in [3.8, 4) is 5.75 Å². The number of ether oxygens (including phenoxy) is 1. The van der Waals surface area contributed by atoms with Gasteiger partial charge in [-0.2, -0.15) is 0 Å². The summed E-state index contributed by atoms with van der Waals surface area (Å²) in [5.74, 6) is 0.0310. The lowest BCUT2D eigenvalue weighted by Gasteiger charge is -2.10. The minimum absolute atomic E-state index is 0.0805. The highest BCUT2D eigenvalue weighted by molar-refractivity contribution is 7.80. The van der Waals surface area contributed by atoms with E-state index in [4.69, 9.17) is 22.7 Å². The number of thiocarbonyl (C=S) groups is 1. The monoisotopic (exact) mass is 240 g/mol. The van der Waals surface area contributed by atoms with Crippen molar-refractivity contribution in [1.82, 2.24) is 0 Å². The number of methoxy groups -OCH3 is 1. The predicted octanol–water partition coefficient (Wildman–Crippen LogP) is 1.99. The van der Waals surface area contributed by atoms with E-state index in [1.165, 1.54) is 13.2 Å². The maximum absolute atomic E-state index is 10.8. The van der Waals surface area contributed by atoms with Crippen LogP contribution in [0.1, 0.15) is 18.4 Å². The quantitative estimate of drug-likeness (QED) is 0.494. The molecule has 1 unspecified atom stereocenters. The number of rotatable bonds is 4. The minimum atomic E-state index is -0.491. The molecule has 1 atom stereocenters. The fraction of sp³-hybridized carbons (Fsp3) is 0.300. The second-order valence-corrected chi connectivity index (χ2v) is 3.78. The average Bonchev–Trinajstić information content (AvgIpc) is 2.26. The van der Waals surface area contributed by atoms with E-state index in [1.807, 2.05) is 0 Å². The van der Waals surface area contributed by atoms with Crippen molar-refractivity contribution in [1.29, 1.82) is 0 Å². The summed E-state index contributed by atoms with van der Waals surface area (Å²) in [5.41, 5.74) is 6.12. The molecule has 0 saturated heterocycles. The highest BCUT2D eigenvalue weighted by Gasteiger charge is 2.18.